The molecular formula is C10H13Cl5O4. The summed E-state index contributed by atoms with van der Waals surface area (Å²) in [6, 6.07) is 0. The zero-order valence-corrected chi connectivity index (χ0v) is 14.0. The van der Waals surface area contributed by atoms with Crippen LogP contribution in [0.25, 0.3) is 0 Å². The van der Waals surface area contributed by atoms with Crippen molar-refractivity contribution in [1.82, 2.24) is 0 Å². The molecule has 0 aliphatic rings. The number of methoxy groups -OCH3 is 1. The average molecular weight is 374 g/mol. The number of carbonyl (C=O) groups is 2. The minimum Gasteiger partial charge on any atom is -0.467 e. The summed E-state index contributed by atoms with van der Waals surface area (Å²) >= 11 is 29.2. The van der Waals surface area contributed by atoms with Gasteiger partial charge in [0.15, 0.2) is 0 Å². The fraction of sp³-hybridized carbons (Fsp3) is 0.800. The summed E-state index contributed by atoms with van der Waals surface area (Å²) in [5.74, 6) is -1.56. The Balaban J connectivity index is 4.63. The molecule has 0 rings (SSSR count). The number of hydrogen-bond donors (Lipinski definition) is 0. The average Bonchev–Trinajstić information content (AvgIpc) is 2.25. The number of hydrogen-bond acceptors (Lipinski definition) is 4. The van der Waals surface area contributed by atoms with Gasteiger partial charge in [0, 0.05) is 12.8 Å². The van der Waals surface area contributed by atoms with Gasteiger partial charge in [-0.15, -0.1) is 34.8 Å². The van der Waals surface area contributed by atoms with Gasteiger partial charge in [0.25, 0.3) is 0 Å². The van der Waals surface area contributed by atoms with Crippen molar-refractivity contribution in [2.45, 2.75) is 33.8 Å². The Labute approximate surface area is 136 Å². The first-order chi connectivity index (χ1) is 8.55. The van der Waals surface area contributed by atoms with Crippen LogP contribution in [-0.2, 0) is 19.1 Å². The number of halogens is 5. The molecule has 0 spiro atoms. The molecule has 0 aromatic heterocycles. The van der Waals surface area contributed by atoms with Crippen LogP contribution >= 0.6 is 58.0 Å². The van der Waals surface area contributed by atoms with E-state index < -0.39 is 26.0 Å². The Morgan fingerprint density at radius 1 is 1.21 bits per heavy atom. The summed E-state index contributed by atoms with van der Waals surface area (Å²) in [6.45, 7) is 1.81. The number of rotatable bonds is 7. The monoisotopic (exact) mass is 372 g/mol. The van der Waals surface area contributed by atoms with Crippen molar-refractivity contribution >= 4 is 69.9 Å². The number of alkyl halides is 5. The maximum atomic E-state index is 11.3. The van der Waals surface area contributed by atoms with Crippen molar-refractivity contribution in [2.24, 2.45) is 0 Å². The molecule has 0 bridgehead atoms. The van der Waals surface area contributed by atoms with Crippen LogP contribution in [0.5, 0.6) is 0 Å². The second-order valence-corrected chi connectivity index (χ2v) is 7.30. The molecule has 0 radical (unpaired) electrons. The first-order valence-electron chi connectivity index (χ1n) is 5.20. The van der Waals surface area contributed by atoms with Gasteiger partial charge in [0.2, 0.25) is 4.33 Å². The molecule has 0 aromatic carbocycles. The van der Waals surface area contributed by atoms with Crippen LogP contribution in [0, 0.1) is 0 Å². The van der Waals surface area contributed by atoms with Gasteiger partial charge in [-0.1, -0.05) is 23.2 Å². The SMILES string of the molecule is CCOC(=O)C(Cl)CC(Cl)(Cl)CC(Cl)(Cl)C(=O)OC. The van der Waals surface area contributed by atoms with Gasteiger partial charge >= 0.3 is 11.9 Å². The zero-order chi connectivity index (χ0) is 15.3. The number of ether oxygens (including phenoxy) is 2. The van der Waals surface area contributed by atoms with E-state index in [1.165, 1.54) is 0 Å². The van der Waals surface area contributed by atoms with Crippen molar-refractivity contribution in [1.29, 1.82) is 0 Å². The Bertz CT molecular complexity index is 332. The van der Waals surface area contributed by atoms with Gasteiger partial charge in [-0.3, -0.25) is 4.79 Å². The molecule has 1 atom stereocenters. The number of esters is 2. The Hall–Kier alpha value is 0.390. The quantitative estimate of drug-likeness (QED) is 0.506. The van der Waals surface area contributed by atoms with E-state index in [4.69, 9.17) is 62.7 Å². The van der Waals surface area contributed by atoms with Crippen LogP contribution in [0.1, 0.15) is 19.8 Å². The van der Waals surface area contributed by atoms with Gasteiger partial charge in [0.05, 0.1) is 13.7 Å². The molecule has 0 N–H and O–H groups in total. The molecular weight excluding hydrogens is 361 g/mol. The minimum atomic E-state index is -1.93. The molecule has 112 valence electrons. The number of carbonyl (C=O) groups excluding carboxylic acids is 2. The van der Waals surface area contributed by atoms with E-state index in [-0.39, 0.29) is 19.4 Å². The first kappa shape index (κ1) is 19.4. The summed E-state index contributed by atoms with van der Waals surface area (Å²) in [6.07, 6.45) is -0.545. The molecule has 19 heavy (non-hydrogen) atoms. The zero-order valence-electron chi connectivity index (χ0n) is 10.2. The Morgan fingerprint density at radius 2 is 1.74 bits per heavy atom. The van der Waals surface area contributed by atoms with E-state index >= 15 is 0 Å². The molecule has 0 amide bonds. The summed E-state index contributed by atoms with van der Waals surface area (Å²) in [7, 11) is 1.12. The maximum absolute atomic E-state index is 11.3. The van der Waals surface area contributed by atoms with Crippen molar-refractivity contribution in [3.8, 4) is 0 Å². The van der Waals surface area contributed by atoms with Crippen LogP contribution in [-0.4, -0.2) is 39.7 Å². The van der Waals surface area contributed by atoms with Crippen molar-refractivity contribution < 1.29 is 19.1 Å². The normalized spacial score (nSPS) is 13.8. The van der Waals surface area contributed by atoms with Crippen molar-refractivity contribution in [3.05, 3.63) is 0 Å². The first-order valence-corrected chi connectivity index (χ1v) is 7.15. The molecule has 0 aliphatic heterocycles. The molecule has 9 heteroatoms. The van der Waals surface area contributed by atoms with Crippen LogP contribution in [0.15, 0.2) is 0 Å². The lowest BCUT2D eigenvalue weighted by atomic mass is 10.1. The maximum Gasteiger partial charge on any atom is 0.342 e. The van der Waals surface area contributed by atoms with E-state index in [2.05, 4.69) is 4.74 Å². The highest BCUT2D eigenvalue weighted by atomic mass is 35.5. The molecule has 4 nitrogen and oxygen atoms in total. The largest absolute Gasteiger partial charge is 0.467 e. The summed E-state index contributed by atoms with van der Waals surface area (Å²) < 4.78 is 5.60. The highest BCUT2D eigenvalue weighted by molar-refractivity contribution is 6.59. The minimum absolute atomic E-state index is 0.177. The molecule has 0 fully saturated rings. The Kier molecular flexibility index (Phi) is 8.15. The molecule has 0 saturated carbocycles. The fourth-order valence-corrected chi connectivity index (χ4v) is 3.27. The van der Waals surface area contributed by atoms with Gasteiger partial charge < -0.3 is 9.47 Å². The molecule has 0 aliphatic carbocycles. The third-order valence-corrected chi connectivity index (χ3v) is 3.47. The second-order valence-electron chi connectivity index (χ2n) is 3.65. The van der Waals surface area contributed by atoms with Crippen molar-refractivity contribution in [3.63, 3.8) is 0 Å². The van der Waals surface area contributed by atoms with E-state index in [0.717, 1.165) is 7.11 Å². The van der Waals surface area contributed by atoms with Crippen LogP contribution in [0.3, 0.4) is 0 Å². The third kappa shape index (κ3) is 7.09. The Morgan fingerprint density at radius 3 is 2.16 bits per heavy atom. The molecule has 1 unspecified atom stereocenters. The summed E-state index contributed by atoms with van der Waals surface area (Å²) in [5.41, 5.74) is 0. The smallest absolute Gasteiger partial charge is 0.342 e. The summed E-state index contributed by atoms with van der Waals surface area (Å²) in [5, 5.41) is -1.07. The van der Waals surface area contributed by atoms with Crippen molar-refractivity contribution in [2.75, 3.05) is 13.7 Å². The highest BCUT2D eigenvalue weighted by Crippen LogP contribution is 2.42. The van der Waals surface area contributed by atoms with E-state index in [0.29, 0.717) is 0 Å². The molecule has 0 saturated heterocycles. The van der Waals surface area contributed by atoms with Gasteiger partial charge in [-0.2, -0.15) is 0 Å². The van der Waals surface area contributed by atoms with Gasteiger partial charge in [-0.25, -0.2) is 4.79 Å². The lowest BCUT2D eigenvalue weighted by Gasteiger charge is -2.27. The van der Waals surface area contributed by atoms with E-state index in [1.807, 2.05) is 0 Å². The highest BCUT2D eigenvalue weighted by Gasteiger charge is 2.44. The van der Waals surface area contributed by atoms with E-state index in [1.54, 1.807) is 6.92 Å². The predicted molar refractivity (Wildman–Crippen MR) is 76.4 cm³/mol. The molecule has 0 heterocycles. The van der Waals surface area contributed by atoms with Crippen LogP contribution in [0.2, 0.25) is 0 Å². The standard InChI is InChI=1S/C10H13Cl5O4/c1-3-19-7(16)6(11)4-9(12,13)5-10(14,15)8(17)18-2/h6H,3-5H2,1-2H3. The van der Waals surface area contributed by atoms with Crippen LogP contribution in [0.4, 0.5) is 0 Å². The fourth-order valence-electron chi connectivity index (χ4n) is 1.20. The lowest BCUT2D eigenvalue weighted by molar-refractivity contribution is -0.142. The van der Waals surface area contributed by atoms with Gasteiger partial charge in [0.1, 0.15) is 9.71 Å². The predicted octanol–water partition coefficient (Wildman–Crippen LogP) is 3.46. The third-order valence-electron chi connectivity index (χ3n) is 1.98. The van der Waals surface area contributed by atoms with Gasteiger partial charge in [-0.05, 0) is 6.92 Å². The summed E-state index contributed by atoms with van der Waals surface area (Å²) in [4.78, 5) is 22.7. The second kappa shape index (κ2) is 7.99. The topological polar surface area (TPSA) is 52.6 Å². The molecule has 0 aromatic rings. The lowest BCUT2D eigenvalue weighted by Crippen LogP contribution is -2.36. The van der Waals surface area contributed by atoms with E-state index in [9.17, 15) is 9.59 Å². The van der Waals surface area contributed by atoms with Crippen LogP contribution < -0.4 is 0 Å².